The van der Waals surface area contributed by atoms with E-state index < -0.39 is 10.9 Å². The summed E-state index contributed by atoms with van der Waals surface area (Å²) in [5.41, 5.74) is -0.307. The summed E-state index contributed by atoms with van der Waals surface area (Å²) in [5.74, 6) is -0.668. The molecule has 0 bridgehead atoms. The third kappa shape index (κ3) is 2.92. The monoisotopic (exact) mass is 265 g/mol. The molecule has 0 radical (unpaired) electrons. The fourth-order valence-corrected chi connectivity index (χ4v) is 1.34. The highest BCUT2D eigenvalue weighted by Gasteiger charge is 2.17. The van der Waals surface area contributed by atoms with Crippen LogP contribution in [0.1, 0.15) is 0 Å². The normalized spacial score (nSPS) is 10.0. The highest BCUT2D eigenvalue weighted by molar-refractivity contribution is 5.52. The minimum absolute atomic E-state index is 0.0658. The molecule has 8 heteroatoms. The van der Waals surface area contributed by atoms with Crippen LogP contribution in [0.3, 0.4) is 0 Å². The maximum atomic E-state index is 12.9. The number of hydrogen-bond acceptors (Lipinski definition) is 6. The van der Waals surface area contributed by atoms with Crippen LogP contribution in [-0.2, 0) is 0 Å². The molecule has 1 aromatic carbocycles. The number of ether oxygens (including phenoxy) is 2. The van der Waals surface area contributed by atoms with Gasteiger partial charge in [0.2, 0.25) is 17.6 Å². The molecular formula is C11H8FN3O4. The number of aromatic nitrogens is 2. The molecule has 1 heterocycles. The maximum absolute atomic E-state index is 12.9. The van der Waals surface area contributed by atoms with E-state index >= 15 is 0 Å². The van der Waals surface area contributed by atoms with E-state index in [4.69, 9.17) is 9.47 Å². The van der Waals surface area contributed by atoms with Gasteiger partial charge < -0.3 is 9.47 Å². The number of rotatable bonds is 4. The molecule has 0 unspecified atom stereocenters. The Morgan fingerprint density at radius 2 is 2.11 bits per heavy atom. The van der Waals surface area contributed by atoms with Crippen molar-refractivity contribution in [2.45, 2.75) is 0 Å². The SMILES string of the molecule is COc1ccc(Oc2cc(F)ncn2)c([N+](=O)[O-])c1. The lowest BCUT2D eigenvalue weighted by Gasteiger charge is -2.06. The lowest BCUT2D eigenvalue weighted by Crippen LogP contribution is -1.96. The van der Waals surface area contributed by atoms with Crippen molar-refractivity contribution < 1.29 is 18.8 Å². The van der Waals surface area contributed by atoms with Crippen molar-refractivity contribution in [2.24, 2.45) is 0 Å². The first-order valence-corrected chi connectivity index (χ1v) is 5.08. The Morgan fingerprint density at radius 3 is 2.74 bits per heavy atom. The lowest BCUT2D eigenvalue weighted by atomic mass is 10.3. The largest absolute Gasteiger partial charge is 0.496 e. The summed E-state index contributed by atoms with van der Waals surface area (Å²) in [6.45, 7) is 0. The van der Waals surface area contributed by atoms with Gasteiger partial charge >= 0.3 is 5.69 Å². The molecule has 0 fully saturated rings. The van der Waals surface area contributed by atoms with Crippen LogP contribution in [0.25, 0.3) is 0 Å². The number of nitrogens with zero attached hydrogens (tertiary/aromatic N) is 3. The predicted octanol–water partition coefficient (Wildman–Crippen LogP) is 2.32. The lowest BCUT2D eigenvalue weighted by molar-refractivity contribution is -0.385. The van der Waals surface area contributed by atoms with Gasteiger partial charge in [-0.2, -0.15) is 4.39 Å². The van der Waals surface area contributed by atoms with Crippen molar-refractivity contribution in [3.05, 3.63) is 46.7 Å². The van der Waals surface area contributed by atoms with Crippen LogP contribution < -0.4 is 9.47 Å². The maximum Gasteiger partial charge on any atom is 0.315 e. The molecule has 2 rings (SSSR count). The molecule has 0 aliphatic heterocycles. The van der Waals surface area contributed by atoms with Crippen molar-refractivity contribution in [3.8, 4) is 17.4 Å². The van der Waals surface area contributed by atoms with Crippen molar-refractivity contribution in [3.63, 3.8) is 0 Å². The standard InChI is InChI=1S/C11H8FN3O4/c1-18-7-2-3-9(8(4-7)15(16)17)19-11-5-10(12)13-6-14-11/h2-6H,1H3. The minimum atomic E-state index is -0.791. The van der Waals surface area contributed by atoms with E-state index in [9.17, 15) is 14.5 Å². The van der Waals surface area contributed by atoms with Gasteiger partial charge in [-0.3, -0.25) is 10.1 Å². The molecule has 0 spiro atoms. The van der Waals surface area contributed by atoms with E-state index in [1.807, 2.05) is 0 Å². The summed E-state index contributed by atoms with van der Waals surface area (Å²) in [5, 5.41) is 10.9. The number of halogens is 1. The first-order chi connectivity index (χ1) is 9.10. The molecule has 0 aliphatic rings. The second-order valence-electron chi connectivity index (χ2n) is 3.37. The molecule has 98 valence electrons. The highest BCUT2D eigenvalue weighted by Crippen LogP contribution is 2.33. The number of nitro benzene ring substituents is 1. The number of nitro groups is 1. The predicted molar refractivity (Wildman–Crippen MR) is 61.7 cm³/mol. The second-order valence-corrected chi connectivity index (χ2v) is 3.37. The average Bonchev–Trinajstić information content (AvgIpc) is 2.39. The van der Waals surface area contributed by atoms with Crippen molar-refractivity contribution in [2.75, 3.05) is 7.11 Å². The molecule has 0 aliphatic carbocycles. The molecule has 1 aromatic heterocycles. The van der Waals surface area contributed by atoms with E-state index in [0.717, 1.165) is 12.4 Å². The van der Waals surface area contributed by atoms with Crippen molar-refractivity contribution >= 4 is 5.69 Å². The molecule has 2 aromatic rings. The Balaban J connectivity index is 2.36. The van der Waals surface area contributed by atoms with Gasteiger partial charge in [-0.15, -0.1) is 0 Å². The first kappa shape index (κ1) is 12.7. The minimum Gasteiger partial charge on any atom is -0.496 e. The zero-order valence-corrected chi connectivity index (χ0v) is 9.74. The zero-order chi connectivity index (χ0) is 13.8. The summed E-state index contributed by atoms with van der Waals surface area (Å²) in [4.78, 5) is 17.2. The summed E-state index contributed by atoms with van der Waals surface area (Å²) in [7, 11) is 1.39. The smallest absolute Gasteiger partial charge is 0.315 e. The molecule has 0 amide bonds. The van der Waals surface area contributed by atoms with Crippen molar-refractivity contribution in [1.82, 2.24) is 9.97 Å². The number of hydrogen-bond donors (Lipinski definition) is 0. The average molecular weight is 265 g/mol. The molecule has 0 saturated carbocycles. The second kappa shape index (κ2) is 5.25. The summed E-state index contributed by atoms with van der Waals surface area (Å²) in [6, 6.07) is 4.96. The van der Waals surface area contributed by atoms with Crippen LogP contribution in [0.15, 0.2) is 30.6 Å². The van der Waals surface area contributed by atoms with E-state index in [-0.39, 0.29) is 17.3 Å². The Hall–Kier alpha value is -2.77. The number of benzene rings is 1. The zero-order valence-electron chi connectivity index (χ0n) is 9.74. The molecular weight excluding hydrogens is 257 g/mol. The molecule has 0 saturated heterocycles. The van der Waals surface area contributed by atoms with Gasteiger partial charge in [-0.25, -0.2) is 9.97 Å². The third-order valence-electron chi connectivity index (χ3n) is 2.19. The quantitative estimate of drug-likeness (QED) is 0.479. The van der Waals surface area contributed by atoms with Crippen LogP contribution >= 0.6 is 0 Å². The fraction of sp³-hybridized carbons (Fsp3) is 0.0909. The molecule has 0 atom stereocenters. The Labute approximate surface area is 106 Å². The molecule has 7 nitrogen and oxygen atoms in total. The Kier molecular flexibility index (Phi) is 3.51. The third-order valence-corrected chi connectivity index (χ3v) is 2.19. The van der Waals surface area contributed by atoms with Crippen molar-refractivity contribution in [1.29, 1.82) is 0 Å². The van der Waals surface area contributed by atoms with Crippen LogP contribution in [0.4, 0.5) is 10.1 Å². The summed E-state index contributed by atoms with van der Waals surface area (Å²) < 4.78 is 22.9. The fourth-order valence-electron chi connectivity index (χ4n) is 1.34. The number of methoxy groups -OCH3 is 1. The molecule has 19 heavy (non-hydrogen) atoms. The van der Waals surface area contributed by atoms with Gasteiger partial charge in [0.15, 0.2) is 0 Å². The topological polar surface area (TPSA) is 87.4 Å². The van der Waals surface area contributed by atoms with Crippen LogP contribution in [0.5, 0.6) is 17.4 Å². The van der Waals surface area contributed by atoms with Crippen LogP contribution in [0, 0.1) is 16.1 Å². The van der Waals surface area contributed by atoms with Crippen LogP contribution in [-0.4, -0.2) is 22.0 Å². The Bertz CT molecular complexity index is 621. The van der Waals surface area contributed by atoms with Gasteiger partial charge in [-0.1, -0.05) is 0 Å². The van der Waals surface area contributed by atoms with Gasteiger partial charge in [0.25, 0.3) is 0 Å². The van der Waals surface area contributed by atoms with E-state index in [1.54, 1.807) is 0 Å². The summed E-state index contributed by atoms with van der Waals surface area (Å²) in [6.07, 6.45) is 0.958. The van der Waals surface area contributed by atoms with E-state index in [1.165, 1.54) is 25.3 Å². The summed E-state index contributed by atoms with van der Waals surface area (Å²) >= 11 is 0. The molecule has 0 N–H and O–H groups in total. The first-order valence-electron chi connectivity index (χ1n) is 5.08. The van der Waals surface area contributed by atoms with Gasteiger partial charge in [0, 0.05) is 0 Å². The van der Waals surface area contributed by atoms with Gasteiger partial charge in [-0.05, 0) is 12.1 Å². The Morgan fingerprint density at radius 1 is 1.32 bits per heavy atom. The van der Waals surface area contributed by atoms with E-state index in [2.05, 4.69) is 9.97 Å². The van der Waals surface area contributed by atoms with Gasteiger partial charge in [0.05, 0.1) is 24.2 Å². The van der Waals surface area contributed by atoms with E-state index in [0.29, 0.717) is 5.75 Å². The highest BCUT2D eigenvalue weighted by atomic mass is 19.1. The van der Waals surface area contributed by atoms with Crippen LogP contribution in [0.2, 0.25) is 0 Å². The van der Waals surface area contributed by atoms with Gasteiger partial charge in [0.1, 0.15) is 12.1 Å².